The maximum atomic E-state index is 10.0. The van der Waals surface area contributed by atoms with Gasteiger partial charge in [0.05, 0.1) is 0 Å². The molecule has 1 amide bonds. The van der Waals surface area contributed by atoms with Gasteiger partial charge in [-0.05, 0) is 33.6 Å². The van der Waals surface area contributed by atoms with Crippen LogP contribution >= 0.6 is 0 Å². The molecule has 0 unspecified atom stereocenters. The minimum Gasteiger partial charge on any atom is -0.444 e. The molecule has 1 fully saturated rings. The second-order valence-electron chi connectivity index (χ2n) is 4.58. The molecular weight excluding hydrogens is 180 g/mol. The van der Waals surface area contributed by atoms with Gasteiger partial charge in [0, 0.05) is 6.04 Å². The summed E-state index contributed by atoms with van der Waals surface area (Å²) in [5.74, 6) is 0. The molecule has 4 N–H and O–H groups in total. The van der Waals surface area contributed by atoms with E-state index >= 15 is 0 Å². The molecule has 0 spiro atoms. The van der Waals surface area contributed by atoms with Crippen molar-refractivity contribution in [2.24, 2.45) is 11.5 Å². The summed E-state index contributed by atoms with van der Waals surface area (Å²) in [4.78, 5) is 10.0. The van der Waals surface area contributed by atoms with E-state index in [1.807, 2.05) is 0 Å². The lowest BCUT2D eigenvalue weighted by Crippen LogP contribution is -2.27. The first kappa shape index (κ1) is 13.2. The van der Waals surface area contributed by atoms with Crippen molar-refractivity contribution >= 4 is 6.09 Å². The topological polar surface area (TPSA) is 78.3 Å². The molecule has 4 heteroatoms. The molecule has 84 valence electrons. The molecule has 1 aliphatic rings. The van der Waals surface area contributed by atoms with Crippen LogP contribution in [0.25, 0.3) is 0 Å². The normalized spacial score (nSPS) is 17.1. The van der Waals surface area contributed by atoms with E-state index in [4.69, 9.17) is 11.5 Å². The van der Waals surface area contributed by atoms with E-state index in [0.717, 1.165) is 0 Å². The average molecular weight is 202 g/mol. The summed E-state index contributed by atoms with van der Waals surface area (Å²) in [6.45, 7) is 5.28. The van der Waals surface area contributed by atoms with E-state index < -0.39 is 11.7 Å². The number of amides is 1. The lowest BCUT2D eigenvalue weighted by Gasteiger charge is -2.16. The zero-order valence-corrected chi connectivity index (χ0v) is 9.38. The first-order valence-electron chi connectivity index (χ1n) is 5.05. The van der Waals surface area contributed by atoms with Crippen LogP contribution in [0.5, 0.6) is 0 Å². The van der Waals surface area contributed by atoms with E-state index in [2.05, 4.69) is 4.74 Å². The number of hydrogen-bond donors (Lipinski definition) is 2. The van der Waals surface area contributed by atoms with Crippen LogP contribution in [-0.4, -0.2) is 17.7 Å². The smallest absolute Gasteiger partial charge is 0.405 e. The summed E-state index contributed by atoms with van der Waals surface area (Å²) < 4.78 is 4.58. The van der Waals surface area contributed by atoms with Gasteiger partial charge in [0.15, 0.2) is 0 Å². The van der Waals surface area contributed by atoms with E-state index in [0.29, 0.717) is 6.04 Å². The Kier molecular flexibility index (Phi) is 5.53. The van der Waals surface area contributed by atoms with E-state index in [1.165, 1.54) is 25.7 Å². The Bertz CT molecular complexity index is 169. The molecule has 1 aliphatic carbocycles. The Morgan fingerprint density at radius 2 is 1.71 bits per heavy atom. The van der Waals surface area contributed by atoms with Gasteiger partial charge in [-0.15, -0.1) is 0 Å². The first-order valence-corrected chi connectivity index (χ1v) is 5.05. The van der Waals surface area contributed by atoms with E-state index in [9.17, 15) is 4.79 Å². The molecule has 1 rings (SSSR count). The summed E-state index contributed by atoms with van der Waals surface area (Å²) >= 11 is 0. The van der Waals surface area contributed by atoms with Crippen molar-refractivity contribution in [2.45, 2.75) is 58.1 Å². The minimum absolute atomic E-state index is 0.453. The van der Waals surface area contributed by atoms with Gasteiger partial charge in [0.2, 0.25) is 0 Å². The maximum absolute atomic E-state index is 10.0. The quantitative estimate of drug-likeness (QED) is 0.628. The molecule has 0 aromatic rings. The molecule has 0 aliphatic heterocycles. The number of carbonyl (C=O) groups is 1. The third-order valence-corrected chi connectivity index (χ3v) is 1.81. The Morgan fingerprint density at radius 3 is 1.79 bits per heavy atom. The van der Waals surface area contributed by atoms with Gasteiger partial charge >= 0.3 is 6.09 Å². The van der Waals surface area contributed by atoms with Crippen LogP contribution in [0.3, 0.4) is 0 Å². The van der Waals surface area contributed by atoms with Crippen LogP contribution < -0.4 is 11.5 Å². The van der Waals surface area contributed by atoms with Gasteiger partial charge in [0.25, 0.3) is 0 Å². The summed E-state index contributed by atoms with van der Waals surface area (Å²) in [6, 6.07) is 0.546. The molecule has 0 heterocycles. The zero-order valence-electron chi connectivity index (χ0n) is 9.38. The van der Waals surface area contributed by atoms with Gasteiger partial charge in [0.1, 0.15) is 5.60 Å². The highest BCUT2D eigenvalue weighted by Crippen LogP contribution is 2.14. The van der Waals surface area contributed by atoms with Crippen molar-refractivity contribution in [2.75, 3.05) is 0 Å². The Morgan fingerprint density at radius 1 is 1.29 bits per heavy atom. The Balaban J connectivity index is 0.000000249. The third-order valence-electron chi connectivity index (χ3n) is 1.81. The van der Waals surface area contributed by atoms with Crippen LogP contribution in [0.1, 0.15) is 46.5 Å². The van der Waals surface area contributed by atoms with Crippen molar-refractivity contribution < 1.29 is 9.53 Å². The molecule has 1 saturated carbocycles. The lowest BCUT2D eigenvalue weighted by atomic mass is 10.2. The van der Waals surface area contributed by atoms with Crippen LogP contribution in [0, 0.1) is 0 Å². The number of rotatable bonds is 0. The molecule has 0 aromatic carbocycles. The molecular formula is C10H22N2O2. The second-order valence-corrected chi connectivity index (χ2v) is 4.58. The summed E-state index contributed by atoms with van der Waals surface area (Å²) in [5, 5.41) is 0. The van der Waals surface area contributed by atoms with Crippen molar-refractivity contribution in [1.29, 1.82) is 0 Å². The standard InChI is InChI=1S/C5H11NO2.C5H11N/c1-5(2,3)8-4(6)7;6-5-3-1-2-4-5/h1-3H3,(H2,6,7);5H,1-4,6H2. The van der Waals surface area contributed by atoms with E-state index in [1.54, 1.807) is 20.8 Å². The minimum atomic E-state index is -0.725. The van der Waals surface area contributed by atoms with E-state index in [-0.39, 0.29) is 0 Å². The second kappa shape index (κ2) is 5.86. The van der Waals surface area contributed by atoms with Gasteiger partial charge < -0.3 is 16.2 Å². The van der Waals surface area contributed by atoms with Crippen LogP contribution in [0.2, 0.25) is 0 Å². The van der Waals surface area contributed by atoms with Crippen LogP contribution in [0.4, 0.5) is 4.79 Å². The molecule has 0 radical (unpaired) electrons. The first-order chi connectivity index (χ1) is 6.31. The third kappa shape index (κ3) is 9.32. The van der Waals surface area contributed by atoms with Gasteiger partial charge in [-0.25, -0.2) is 4.79 Å². The maximum Gasteiger partial charge on any atom is 0.405 e. The highest BCUT2D eigenvalue weighted by Gasteiger charge is 2.12. The zero-order chi connectivity index (χ0) is 11.2. The van der Waals surface area contributed by atoms with Crippen molar-refractivity contribution in [3.63, 3.8) is 0 Å². The summed E-state index contributed by atoms with van der Waals surface area (Å²) in [6.07, 6.45) is 4.53. The predicted octanol–water partition coefficient (Wildman–Crippen LogP) is 1.77. The highest BCUT2D eigenvalue weighted by atomic mass is 16.6. The molecule has 0 bridgehead atoms. The fourth-order valence-electron chi connectivity index (χ4n) is 1.26. The number of hydrogen-bond acceptors (Lipinski definition) is 3. The van der Waals surface area contributed by atoms with Gasteiger partial charge in [-0.3, -0.25) is 0 Å². The predicted molar refractivity (Wildman–Crippen MR) is 56.9 cm³/mol. The number of primary amides is 1. The van der Waals surface area contributed by atoms with Gasteiger partial charge in [-0.1, -0.05) is 12.8 Å². The fraction of sp³-hybridized carbons (Fsp3) is 0.900. The number of nitrogens with two attached hydrogens (primary N) is 2. The highest BCUT2D eigenvalue weighted by molar-refractivity contribution is 5.65. The molecule has 0 atom stereocenters. The van der Waals surface area contributed by atoms with Crippen molar-refractivity contribution in [3.8, 4) is 0 Å². The molecule has 4 nitrogen and oxygen atoms in total. The fourth-order valence-corrected chi connectivity index (χ4v) is 1.26. The van der Waals surface area contributed by atoms with Crippen LogP contribution in [0.15, 0.2) is 0 Å². The average Bonchev–Trinajstić information content (AvgIpc) is 2.34. The number of carbonyl (C=O) groups excluding carboxylic acids is 1. The Labute approximate surface area is 86.0 Å². The molecule has 14 heavy (non-hydrogen) atoms. The van der Waals surface area contributed by atoms with Crippen LogP contribution in [-0.2, 0) is 4.74 Å². The Hall–Kier alpha value is -0.770. The largest absolute Gasteiger partial charge is 0.444 e. The summed E-state index contributed by atoms with van der Waals surface area (Å²) in [5.41, 5.74) is 9.80. The molecule has 0 aromatic heterocycles. The van der Waals surface area contributed by atoms with Crippen molar-refractivity contribution in [3.05, 3.63) is 0 Å². The monoisotopic (exact) mass is 202 g/mol. The SMILES string of the molecule is CC(C)(C)OC(N)=O.NC1CCCC1. The van der Waals surface area contributed by atoms with Gasteiger partial charge in [-0.2, -0.15) is 0 Å². The van der Waals surface area contributed by atoms with Crippen molar-refractivity contribution in [1.82, 2.24) is 0 Å². The molecule has 0 saturated heterocycles. The number of ether oxygens (including phenoxy) is 1. The lowest BCUT2D eigenvalue weighted by molar-refractivity contribution is 0.0600. The summed E-state index contributed by atoms with van der Waals surface area (Å²) in [7, 11) is 0.